The smallest absolute Gasteiger partial charge is 0.255 e. The Morgan fingerprint density at radius 2 is 2.08 bits per heavy atom. The van der Waals surface area contributed by atoms with Crippen molar-refractivity contribution < 1.29 is 4.79 Å². The molecule has 0 fully saturated rings. The molecular weight excluding hydrogens is 366 g/mol. The number of H-pyrrole nitrogens is 1. The molecule has 3 rings (SSSR count). The fraction of sp³-hybridized carbons (Fsp3) is 0.211. The number of benzene rings is 2. The Hall–Kier alpha value is -2.11. The number of carbonyl (C=O) groups excluding carboxylic acids is 1. The van der Waals surface area contributed by atoms with Gasteiger partial charge < -0.3 is 16.0 Å². The molecule has 0 radical (unpaired) electrons. The Bertz CT molecular complexity index is 885. The Morgan fingerprint density at radius 3 is 2.83 bits per heavy atom. The number of nitrogens with two attached hydrogens (primary N) is 1. The van der Waals surface area contributed by atoms with Gasteiger partial charge in [0.1, 0.15) is 0 Å². The van der Waals surface area contributed by atoms with E-state index in [1.807, 2.05) is 42.5 Å². The van der Waals surface area contributed by atoms with Crippen molar-refractivity contribution in [1.82, 2.24) is 4.98 Å². The molecule has 0 aliphatic rings. The van der Waals surface area contributed by atoms with Gasteiger partial charge in [0.05, 0.1) is 0 Å². The van der Waals surface area contributed by atoms with Gasteiger partial charge >= 0.3 is 0 Å². The van der Waals surface area contributed by atoms with Gasteiger partial charge in [0.25, 0.3) is 5.91 Å². The van der Waals surface area contributed by atoms with Gasteiger partial charge in [0.2, 0.25) is 0 Å². The van der Waals surface area contributed by atoms with Crippen molar-refractivity contribution in [3.05, 3.63) is 63.8 Å². The minimum absolute atomic E-state index is 0.112. The minimum Gasteiger partial charge on any atom is -0.358 e. The molecule has 4 nitrogen and oxygen atoms in total. The van der Waals surface area contributed by atoms with E-state index in [2.05, 4.69) is 33.2 Å². The maximum absolute atomic E-state index is 12.5. The van der Waals surface area contributed by atoms with Gasteiger partial charge in [-0.25, -0.2) is 0 Å². The van der Waals surface area contributed by atoms with Crippen LogP contribution in [0.25, 0.3) is 10.9 Å². The molecule has 0 aliphatic carbocycles. The zero-order valence-electron chi connectivity index (χ0n) is 13.5. The number of aromatic nitrogens is 1. The third-order valence-electron chi connectivity index (χ3n) is 4.10. The maximum atomic E-state index is 12.5. The highest BCUT2D eigenvalue weighted by Gasteiger charge is 2.12. The fourth-order valence-electron chi connectivity index (χ4n) is 2.89. The number of hydrogen-bond acceptors (Lipinski definition) is 2. The number of carbonyl (C=O) groups is 1. The highest BCUT2D eigenvalue weighted by atomic mass is 79.9. The molecule has 4 N–H and O–H groups in total. The predicted octanol–water partition coefficient (Wildman–Crippen LogP) is 4.38. The summed E-state index contributed by atoms with van der Waals surface area (Å²) < 4.78 is 0.932. The van der Waals surface area contributed by atoms with E-state index in [4.69, 9.17) is 5.73 Å². The lowest BCUT2D eigenvalue weighted by Crippen LogP contribution is -2.11. The average Bonchev–Trinajstić information content (AvgIpc) is 2.87. The molecule has 124 valence electrons. The van der Waals surface area contributed by atoms with Crippen LogP contribution in [0.3, 0.4) is 0 Å². The number of amides is 1. The second-order valence-electron chi connectivity index (χ2n) is 5.85. The van der Waals surface area contributed by atoms with E-state index in [9.17, 15) is 4.79 Å². The molecule has 3 aromatic rings. The lowest BCUT2D eigenvalue weighted by Gasteiger charge is -2.06. The van der Waals surface area contributed by atoms with Crippen LogP contribution in [-0.2, 0) is 6.42 Å². The lowest BCUT2D eigenvalue weighted by molar-refractivity contribution is 0.102. The van der Waals surface area contributed by atoms with E-state index in [0.29, 0.717) is 12.1 Å². The van der Waals surface area contributed by atoms with Crippen LogP contribution < -0.4 is 11.1 Å². The molecule has 5 heteroatoms. The monoisotopic (exact) mass is 385 g/mol. The van der Waals surface area contributed by atoms with Crippen LogP contribution in [0.4, 0.5) is 5.69 Å². The quantitative estimate of drug-likeness (QED) is 0.609. The average molecular weight is 386 g/mol. The summed E-state index contributed by atoms with van der Waals surface area (Å²) in [5.74, 6) is -0.112. The molecule has 0 unspecified atom stereocenters. The van der Waals surface area contributed by atoms with E-state index in [1.165, 1.54) is 5.56 Å². The molecular formula is C19H20BrN3O. The molecule has 1 amide bonds. The lowest BCUT2D eigenvalue weighted by atomic mass is 10.0. The molecule has 0 spiro atoms. The standard InChI is InChI=1S/C19H20BrN3O/c1-12-16(6-3-9-21)17-10-13(7-8-18(17)22-12)19(24)23-15-5-2-4-14(20)11-15/h2,4-5,7-8,10-11,22H,3,6,9,21H2,1H3,(H,23,24). The van der Waals surface area contributed by atoms with Crippen molar-refractivity contribution in [2.45, 2.75) is 19.8 Å². The van der Waals surface area contributed by atoms with Crippen molar-refractivity contribution in [1.29, 1.82) is 0 Å². The van der Waals surface area contributed by atoms with Crippen LogP contribution in [0.1, 0.15) is 28.0 Å². The Morgan fingerprint density at radius 1 is 1.25 bits per heavy atom. The second-order valence-corrected chi connectivity index (χ2v) is 6.76. The van der Waals surface area contributed by atoms with Crippen LogP contribution in [0, 0.1) is 6.92 Å². The number of anilines is 1. The van der Waals surface area contributed by atoms with Crippen LogP contribution >= 0.6 is 15.9 Å². The van der Waals surface area contributed by atoms with E-state index >= 15 is 0 Å². The zero-order valence-corrected chi connectivity index (χ0v) is 15.1. The van der Waals surface area contributed by atoms with Gasteiger partial charge in [0.15, 0.2) is 0 Å². The zero-order chi connectivity index (χ0) is 17.1. The van der Waals surface area contributed by atoms with Crippen LogP contribution in [-0.4, -0.2) is 17.4 Å². The largest absolute Gasteiger partial charge is 0.358 e. The first-order valence-electron chi connectivity index (χ1n) is 7.96. The summed E-state index contributed by atoms with van der Waals surface area (Å²) in [6.45, 7) is 2.72. The number of nitrogens with one attached hydrogen (secondary N) is 2. The summed E-state index contributed by atoms with van der Waals surface area (Å²) in [5, 5.41) is 4.03. The van der Waals surface area contributed by atoms with Crippen molar-refractivity contribution in [2.75, 3.05) is 11.9 Å². The van der Waals surface area contributed by atoms with Crippen molar-refractivity contribution >= 4 is 38.4 Å². The Kier molecular flexibility index (Phi) is 5.02. The summed E-state index contributed by atoms with van der Waals surface area (Å²) in [5.41, 5.74) is 10.5. The first kappa shape index (κ1) is 16.7. The van der Waals surface area contributed by atoms with Crippen LogP contribution in [0.15, 0.2) is 46.9 Å². The first-order valence-corrected chi connectivity index (χ1v) is 8.76. The number of halogens is 1. The molecule has 0 atom stereocenters. The summed E-state index contributed by atoms with van der Waals surface area (Å²) in [6.07, 6.45) is 1.85. The van der Waals surface area contributed by atoms with Gasteiger partial charge in [0, 0.05) is 32.3 Å². The summed E-state index contributed by atoms with van der Waals surface area (Å²) in [6, 6.07) is 13.3. The third kappa shape index (κ3) is 3.52. The highest BCUT2D eigenvalue weighted by molar-refractivity contribution is 9.10. The van der Waals surface area contributed by atoms with E-state index in [0.717, 1.165) is 39.6 Å². The second kappa shape index (κ2) is 7.20. The summed E-state index contributed by atoms with van der Waals surface area (Å²) in [7, 11) is 0. The molecule has 0 aliphatic heterocycles. The van der Waals surface area contributed by atoms with Crippen molar-refractivity contribution in [2.24, 2.45) is 5.73 Å². The van der Waals surface area contributed by atoms with E-state index < -0.39 is 0 Å². The molecule has 2 aromatic carbocycles. The fourth-order valence-corrected chi connectivity index (χ4v) is 3.29. The predicted molar refractivity (Wildman–Crippen MR) is 103 cm³/mol. The van der Waals surface area contributed by atoms with Gasteiger partial charge in [-0.3, -0.25) is 4.79 Å². The number of fused-ring (bicyclic) bond motifs is 1. The van der Waals surface area contributed by atoms with Crippen molar-refractivity contribution in [3.63, 3.8) is 0 Å². The van der Waals surface area contributed by atoms with Gasteiger partial charge in [-0.2, -0.15) is 0 Å². The maximum Gasteiger partial charge on any atom is 0.255 e. The third-order valence-corrected chi connectivity index (χ3v) is 4.59. The molecule has 24 heavy (non-hydrogen) atoms. The number of rotatable bonds is 5. The van der Waals surface area contributed by atoms with E-state index in [-0.39, 0.29) is 5.91 Å². The summed E-state index contributed by atoms with van der Waals surface area (Å²) >= 11 is 3.41. The Labute approximate surface area is 149 Å². The normalized spacial score (nSPS) is 11.0. The van der Waals surface area contributed by atoms with Crippen molar-refractivity contribution in [3.8, 4) is 0 Å². The minimum atomic E-state index is -0.112. The molecule has 1 heterocycles. The Balaban J connectivity index is 1.90. The topological polar surface area (TPSA) is 70.9 Å². The molecule has 0 saturated carbocycles. The van der Waals surface area contributed by atoms with Gasteiger partial charge in [-0.05, 0) is 68.3 Å². The number of aryl methyl sites for hydroxylation is 2. The van der Waals surface area contributed by atoms with Crippen LogP contribution in [0.5, 0.6) is 0 Å². The van der Waals surface area contributed by atoms with Gasteiger partial charge in [-0.15, -0.1) is 0 Å². The van der Waals surface area contributed by atoms with E-state index in [1.54, 1.807) is 0 Å². The SMILES string of the molecule is Cc1[nH]c2ccc(C(=O)Nc3cccc(Br)c3)cc2c1CCCN. The first-order chi connectivity index (χ1) is 11.6. The summed E-state index contributed by atoms with van der Waals surface area (Å²) in [4.78, 5) is 15.9. The van der Waals surface area contributed by atoms with Gasteiger partial charge in [-0.1, -0.05) is 22.0 Å². The highest BCUT2D eigenvalue weighted by Crippen LogP contribution is 2.25. The molecule has 0 bridgehead atoms. The molecule has 0 saturated heterocycles. The number of hydrogen-bond donors (Lipinski definition) is 3. The van der Waals surface area contributed by atoms with Crippen LogP contribution in [0.2, 0.25) is 0 Å². The molecule has 1 aromatic heterocycles. The number of aromatic amines is 1.